The number of nitrogens with one attached hydrogen (secondary N) is 1. The molecule has 3 nitrogen and oxygen atoms in total. The lowest BCUT2D eigenvalue weighted by molar-refractivity contribution is 0.595. The molecule has 1 rings (SSSR count). The highest BCUT2D eigenvalue weighted by Gasteiger charge is 2.07. The molecular formula is C11H15BrFNO2S. The van der Waals surface area contributed by atoms with Crippen LogP contribution in [0.3, 0.4) is 0 Å². The summed E-state index contributed by atoms with van der Waals surface area (Å²) in [5.74, 6) is -0.00280. The van der Waals surface area contributed by atoms with Gasteiger partial charge in [-0.2, -0.15) is 0 Å². The van der Waals surface area contributed by atoms with Crippen LogP contribution in [-0.4, -0.2) is 26.5 Å². The molecule has 0 radical (unpaired) electrons. The smallest absolute Gasteiger partial charge is 0.150 e. The third-order valence-corrected chi connectivity index (χ3v) is 4.80. The van der Waals surface area contributed by atoms with Crippen LogP contribution in [0.4, 0.5) is 10.1 Å². The van der Waals surface area contributed by atoms with Crippen LogP contribution in [-0.2, 0) is 9.84 Å². The molecule has 0 amide bonds. The van der Waals surface area contributed by atoms with Crippen molar-refractivity contribution in [3.05, 3.63) is 28.5 Å². The number of benzene rings is 1. The third kappa shape index (κ3) is 5.04. The molecule has 0 heterocycles. The fourth-order valence-electron chi connectivity index (χ4n) is 1.29. The molecule has 0 aliphatic carbocycles. The summed E-state index contributed by atoms with van der Waals surface area (Å²) in [6.07, 6.45) is 0.513. The molecule has 0 saturated carbocycles. The lowest BCUT2D eigenvalue weighted by Crippen LogP contribution is -2.13. The number of hydrogen-bond donors (Lipinski definition) is 1. The Morgan fingerprint density at radius 1 is 1.41 bits per heavy atom. The summed E-state index contributed by atoms with van der Waals surface area (Å²) in [4.78, 5) is 0. The minimum absolute atomic E-state index is 0.156. The van der Waals surface area contributed by atoms with Crippen LogP contribution in [0.25, 0.3) is 0 Å². The molecule has 96 valence electrons. The molecule has 0 bridgehead atoms. The standard InChI is InChI=1S/C11H15BrFNO2S/c1-2-17(15,16)7-3-6-14-11-8-9(13)4-5-10(11)12/h4-5,8,14H,2-3,6-7H2,1H3. The second-order valence-electron chi connectivity index (χ2n) is 3.64. The van der Waals surface area contributed by atoms with Crippen molar-refractivity contribution in [2.75, 3.05) is 23.4 Å². The predicted octanol–water partition coefficient (Wildman–Crippen LogP) is 2.82. The second-order valence-corrected chi connectivity index (χ2v) is 6.97. The maximum Gasteiger partial charge on any atom is 0.150 e. The SMILES string of the molecule is CCS(=O)(=O)CCCNc1cc(F)ccc1Br. The number of anilines is 1. The van der Waals surface area contributed by atoms with E-state index in [9.17, 15) is 12.8 Å². The largest absolute Gasteiger partial charge is 0.384 e. The number of sulfone groups is 1. The second kappa shape index (κ2) is 6.35. The molecule has 0 aliphatic rings. The molecule has 6 heteroatoms. The third-order valence-electron chi connectivity index (χ3n) is 2.32. The first kappa shape index (κ1) is 14.4. The lowest BCUT2D eigenvalue weighted by atomic mass is 10.3. The van der Waals surface area contributed by atoms with Crippen LogP contribution in [0.1, 0.15) is 13.3 Å². The van der Waals surface area contributed by atoms with Crippen LogP contribution in [0, 0.1) is 5.82 Å². The van der Waals surface area contributed by atoms with Gasteiger partial charge in [0.15, 0.2) is 0 Å². The van der Waals surface area contributed by atoms with Gasteiger partial charge in [-0.3, -0.25) is 0 Å². The molecule has 0 unspecified atom stereocenters. The van der Waals surface area contributed by atoms with Gasteiger partial charge in [0.1, 0.15) is 15.7 Å². The van der Waals surface area contributed by atoms with Crippen molar-refractivity contribution in [1.29, 1.82) is 0 Å². The molecule has 0 aromatic heterocycles. The summed E-state index contributed by atoms with van der Waals surface area (Å²) in [5.41, 5.74) is 0.638. The normalized spacial score (nSPS) is 11.5. The van der Waals surface area contributed by atoms with E-state index in [1.54, 1.807) is 13.0 Å². The quantitative estimate of drug-likeness (QED) is 0.819. The highest BCUT2D eigenvalue weighted by atomic mass is 79.9. The first-order chi connectivity index (χ1) is 7.94. The Morgan fingerprint density at radius 2 is 2.12 bits per heavy atom. The fourth-order valence-corrected chi connectivity index (χ4v) is 2.55. The summed E-state index contributed by atoms with van der Waals surface area (Å²) in [6, 6.07) is 4.34. The Balaban J connectivity index is 2.44. The van der Waals surface area contributed by atoms with Gasteiger partial charge in [-0.25, -0.2) is 12.8 Å². The van der Waals surface area contributed by atoms with E-state index in [1.165, 1.54) is 12.1 Å². The van der Waals surface area contributed by atoms with Crippen molar-refractivity contribution in [3.8, 4) is 0 Å². The summed E-state index contributed by atoms with van der Waals surface area (Å²) < 4.78 is 36.2. The molecule has 1 aromatic carbocycles. The van der Waals surface area contributed by atoms with Gasteiger partial charge < -0.3 is 5.32 Å². The topological polar surface area (TPSA) is 46.2 Å². The molecule has 0 fully saturated rings. The van der Waals surface area contributed by atoms with E-state index in [0.717, 1.165) is 4.47 Å². The molecule has 1 N–H and O–H groups in total. The van der Waals surface area contributed by atoms with Crippen molar-refractivity contribution >= 4 is 31.5 Å². The van der Waals surface area contributed by atoms with E-state index in [-0.39, 0.29) is 17.3 Å². The number of hydrogen-bond acceptors (Lipinski definition) is 3. The van der Waals surface area contributed by atoms with Crippen LogP contribution in [0.5, 0.6) is 0 Å². The Labute approximate surface area is 109 Å². The van der Waals surface area contributed by atoms with Crippen LogP contribution < -0.4 is 5.32 Å². The summed E-state index contributed by atoms with van der Waals surface area (Å²) >= 11 is 3.29. The summed E-state index contributed by atoms with van der Waals surface area (Å²) in [5, 5.41) is 3.00. The van der Waals surface area contributed by atoms with Gasteiger partial charge in [-0.15, -0.1) is 0 Å². The monoisotopic (exact) mass is 323 g/mol. The molecule has 0 atom stereocenters. The van der Waals surface area contributed by atoms with E-state index in [2.05, 4.69) is 21.2 Å². The Hall–Kier alpha value is -0.620. The minimum atomic E-state index is -2.92. The van der Waals surface area contributed by atoms with Gasteiger partial charge in [-0.1, -0.05) is 6.92 Å². The van der Waals surface area contributed by atoms with Crippen LogP contribution in [0.2, 0.25) is 0 Å². The molecule has 0 aliphatic heterocycles. The molecule has 17 heavy (non-hydrogen) atoms. The minimum Gasteiger partial charge on any atom is -0.384 e. The van der Waals surface area contributed by atoms with Crippen molar-refractivity contribution in [2.24, 2.45) is 0 Å². The number of halogens is 2. The molecular weight excluding hydrogens is 309 g/mol. The van der Waals surface area contributed by atoms with Crippen molar-refractivity contribution in [2.45, 2.75) is 13.3 Å². The molecule has 0 saturated heterocycles. The van der Waals surface area contributed by atoms with Gasteiger partial charge in [0.2, 0.25) is 0 Å². The van der Waals surface area contributed by atoms with Crippen molar-refractivity contribution in [1.82, 2.24) is 0 Å². The summed E-state index contributed by atoms with van der Waals surface area (Å²) in [6.45, 7) is 2.13. The maximum atomic E-state index is 12.9. The van der Waals surface area contributed by atoms with E-state index in [1.807, 2.05) is 0 Å². The predicted molar refractivity (Wildman–Crippen MR) is 71.5 cm³/mol. The first-order valence-electron chi connectivity index (χ1n) is 5.34. The van der Waals surface area contributed by atoms with Crippen LogP contribution in [0.15, 0.2) is 22.7 Å². The van der Waals surface area contributed by atoms with Crippen LogP contribution >= 0.6 is 15.9 Å². The summed E-state index contributed by atoms with van der Waals surface area (Å²) in [7, 11) is -2.92. The Bertz CT molecular complexity index is 476. The van der Waals surface area contributed by atoms with Gasteiger partial charge in [0, 0.05) is 16.8 Å². The highest BCUT2D eigenvalue weighted by Crippen LogP contribution is 2.22. The average Bonchev–Trinajstić information content (AvgIpc) is 2.29. The Morgan fingerprint density at radius 3 is 2.76 bits per heavy atom. The highest BCUT2D eigenvalue weighted by molar-refractivity contribution is 9.10. The van der Waals surface area contributed by atoms with E-state index in [0.29, 0.717) is 18.7 Å². The van der Waals surface area contributed by atoms with Gasteiger partial charge in [-0.05, 0) is 40.5 Å². The zero-order valence-corrected chi connectivity index (χ0v) is 11.9. The van der Waals surface area contributed by atoms with Gasteiger partial charge in [0.05, 0.1) is 11.4 Å². The molecule has 0 spiro atoms. The first-order valence-corrected chi connectivity index (χ1v) is 7.95. The fraction of sp³-hybridized carbons (Fsp3) is 0.455. The number of rotatable bonds is 6. The Kier molecular flexibility index (Phi) is 5.39. The van der Waals surface area contributed by atoms with E-state index >= 15 is 0 Å². The van der Waals surface area contributed by atoms with Gasteiger partial charge >= 0.3 is 0 Å². The van der Waals surface area contributed by atoms with E-state index < -0.39 is 9.84 Å². The average molecular weight is 324 g/mol. The van der Waals surface area contributed by atoms with Crippen molar-refractivity contribution in [3.63, 3.8) is 0 Å². The van der Waals surface area contributed by atoms with E-state index in [4.69, 9.17) is 0 Å². The van der Waals surface area contributed by atoms with Crippen molar-refractivity contribution < 1.29 is 12.8 Å². The molecule has 1 aromatic rings. The zero-order chi connectivity index (χ0) is 12.9. The lowest BCUT2D eigenvalue weighted by Gasteiger charge is -2.08. The van der Waals surface area contributed by atoms with Gasteiger partial charge in [0.25, 0.3) is 0 Å². The zero-order valence-electron chi connectivity index (χ0n) is 9.54. The maximum absolute atomic E-state index is 12.9.